The van der Waals surface area contributed by atoms with E-state index < -0.39 is 24.2 Å². The van der Waals surface area contributed by atoms with Crippen LogP contribution in [0.25, 0.3) is 0 Å². The highest BCUT2D eigenvalue weighted by Crippen LogP contribution is 2.14. The van der Waals surface area contributed by atoms with Crippen molar-refractivity contribution in [3.8, 4) is 0 Å². The number of aliphatic hydroxyl groups excluding tert-OH is 3. The number of rotatable bonds is 35. The SMILES string of the molecule is CCCCC/C=C/CC/C=C/C(O)C(CO)NC(=O)C(O)CCCCCCCCC/C=C\CCCCCCCCCCCCCC. The van der Waals surface area contributed by atoms with Gasteiger partial charge in [-0.05, 0) is 57.8 Å². The van der Waals surface area contributed by atoms with Gasteiger partial charge in [0.2, 0.25) is 5.91 Å². The largest absolute Gasteiger partial charge is 0.394 e. The third-order valence-corrected chi connectivity index (χ3v) is 8.95. The van der Waals surface area contributed by atoms with Gasteiger partial charge in [0, 0.05) is 0 Å². The Labute approximate surface area is 285 Å². The van der Waals surface area contributed by atoms with Gasteiger partial charge in [-0.2, -0.15) is 0 Å². The molecule has 0 aliphatic heterocycles. The Kier molecular flexibility index (Phi) is 35.3. The van der Waals surface area contributed by atoms with Gasteiger partial charge < -0.3 is 20.6 Å². The van der Waals surface area contributed by atoms with Crippen molar-refractivity contribution in [1.29, 1.82) is 0 Å². The van der Waals surface area contributed by atoms with Crippen molar-refractivity contribution in [3.63, 3.8) is 0 Å². The van der Waals surface area contributed by atoms with Gasteiger partial charge in [0.25, 0.3) is 0 Å². The molecule has 5 nitrogen and oxygen atoms in total. The number of hydrogen-bond acceptors (Lipinski definition) is 4. The molecule has 0 aliphatic carbocycles. The van der Waals surface area contributed by atoms with Crippen LogP contribution in [-0.2, 0) is 4.79 Å². The number of nitrogens with one attached hydrogen (secondary N) is 1. The molecule has 0 rings (SSSR count). The number of carbonyl (C=O) groups excluding carboxylic acids is 1. The number of allylic oxidation sites excluding steroid dienone is 5. The van der Waals surface area contributed by atoms with Crippen molar-refractivity contribution in [2.24, 2.45) is 0 Å². The summed E-state index contributed by atoms with van der Waals surface area (Å²) in [6.45, 7) is 4.11. The van der Waals surface area contributed by atoms with E-state index in [1.165, 1.54) is 135 Å². The average Bonchev–Trinajstić information content (AvgIpc) is 3.06. The maximum Gasteiger partial charge on any atom is 0.249 e. The number of unbranched alkanes of at least 4 members (excludes halogenated alkanes) is 23. The van der Waals surface area contributed by atoms with Crippen LogP contribution in [0.4, 0.5) is 0 Å². The molecular formula is C41H77NO4. The summed E-state index contributed by atoms with van der Waals surface area (Å²) in [5, 5.41) is 32.8. The van der Waals surface area contributed by atoms with Gasteiger partial charge in [0.15, 0.2) is 0 Å². The van der Waals surface area contributed by atoms with Crippen molar-refractivity contribution in [2.45, 2.75) is 212 Å². The second-order valence-corrected chi connectivity index (χ2v) is 13.5. The summed E-state index contributed by atoms with van der Waals surface area (Å²) >= 11 is 0. The van der Waals surface area contributed by atoms with Crippen LogP contribution in [-0.4, -0.2) is 46.1 Å². The van der Waals surface area contributed by atoms with Crippen LogP contribution in [0.2, 0.25) is 0 Å². The Bertz CT molecular complexity index is 719. The Morgan fingerprint density at radius 1 is 0.522 bits per heavy atom. The molecule has 0 radical (unpaired) electrons. The van der Waals surface area contributed by atoms with E-state index in [4.69, 9.17) is 0 Å². The molecule has 3 atom stereocenters. The molecule has 3 unspecified atom stereocenters. The molecule has 270 valence electrons. The van der Waals surface area contributed by atoms with Gasteiger partial charge in [-0.15, -0.1) is 0 Å². The molecule has 0 aromatic heterocycles. The Balaban J connectivity index is 3.65. The minimum Gasteiger partial charge on any atom is -0.394 e. The highest BCUT2D eigenvalue weighted by molar-refractivity contribution is 5.80. The van der Waals surface area contributed by atoms with Crippen LogP contribution in [0.1, 0.15) is 194 Å². The number of hydrogen-bond donors (Lipinski definition) is 4. The van der Waals surface area contributed by atoms with E-state index in [1.54, 1.807) is 6.08 Å². The first kappa shape index (κ1) is 44.6. The van der Waals surface area contributed by atoms with Crippen LogP contribution in [0.3, 0.4) is 0 Å². The topological polar surface area (TPSA) is 89.8 Å². The summed E-state index contributed by atoms with van der Waals surface area (Å²) in [7, 11) is 0. The van der Waals surface area contributed by atoms with E-state index in [0.717, 1.165) is 38.5 Å². The van der Waals surface area contributed by atoms with Crippen LogP contribution in [0.5, 0.6) is 0 Å². The molecule has 0 fully saturated rings. The molecule has 46 heavy (non-hydrogen) atoms. The molecule has 0 spiro atoms. The van der Waals surface area contributed by atoms with E-state index in [0.29, 0.717) is 6.42 Å². The zero-order chi connectivity index (χ0) is 33.8. The Morgan fingerprint density at radius 3 is 1.37 bits per heavy atom. The van der Waals surface area contributed by atoms with Crippen molar-refractivity contribution in [3.05, 3.63) is 36.5 Å². The molecule has 0 bridgehead atoms. The first-order chi connectivity index (χ1) is 22.6. The summed E-state index contributed by atoms with van der Waals surface area (Å²) < 4.78 is 0. The van der Waals surface area contributed by atoms with Crippen molar-refractivity contribution in [1.82, 2.24) is 5.32 Å². The molecular weight excluding hydrogens is 570 g/mol. The zero-order valence-electron chi connectivity index (χ0n) is 30.5. The monoisotopic (exact) mass is 648 g/mol. The molecule has 0 heterocycles. The summed E-state index contributed by atoms with van der Waals surface area (Å²) in [6.07, 6.45) is 44.7. The first-order valence-electron chi connectivity index (χ1n) is 19.8. The molecule has 4 N–H and O–H groups in total. The molecule has 0 aromatic carbocycles. The maximum absolute atomic E-state index is 12.4. The summed E-state index contributed by atoms with van der Waals surface area (Å²) in [5.74, 6) is -0.520. The first-order valence-corrected chi connectivity index (χ1v) is 19.8. The predicted molar refractivity (Wildman–Crippen MR) is 199 cm³/mol. The summed E-state index contributed by atoms with van der Waals surface area (Å²) in [5.41, 5.74) is 0. The fourth-order valence-electron chi connectivity index (χ4n) is 5.78. The minimum atomic E-state index is -1.11. The minimum absolute atomic E-state index is 0.378. The number of aliphatic hydroxyl groups is 3. The van der Waals surface area contributed by atoms with Crippen molar-refractivity contribution in [2.75, 3.05) is 6.61 Å². The van der Waals surface area contributed by atoms with E-state index in [1.807, 2.05) is 6.08 Å². The molecule has 5 heteroatoms. The van der Waals surface area contributed by atoms with Crippen LogP contribution in [0, 0.1) is 0 Å². The van der Waals surface area contributed by atoms with Gasteiger partial charge in [0.05, 0.1) is 18.8 Å². The van der Waals surface area contributed by atoms with Gasteiger partial charge in [-0.25, -0.2) is 0 Å². The van der Waals surface area contributed by atoms with Gasteiger partial charge in [-0.3, -0.25) is 4.79 Å². The molecule has 0 aliphatic rings. The standard InChI is InChI=1S/C41H77NO4/c1-3-5-7-9-11-13-14-15-16-17-18-19-20-21-22-23-24-25-26-28-30-32-34-36-40(45)41(46)42-38(37-43)39(44)35-33-31-29-27-12-10-8-6-4-2/h12,21-22,27,33,35,38-40,43-45H,3-11,13-20,23-26,28-32,34,36-37H2,1-2H3,(H,42,46)/b22-21-,27-12+,35-33+. The van der Waals surface area contributed by atoms with E-state index in [2.05, 4.69) is 43.5 Å². The second kappa shape index (κ2) is 36.4. The fourth-order valence-corrected chi connectivity index (χ4v) is 5.78. The van der Waals surface area contributed by atoms with Gasteiger partial charge in [-0.1, -0.05) is 172 Å². The third kappa shape index (κ3) is 31.2. The van der Waals surface area contributed by atoms with Crippen molar-refractivity contribution < 1.29 is 20.1 Å². The fraction of sp³-hybridized carbons (Fsp3) is 0.829. The van der Waals surface area contributed by atoms with E-state index >= 15 is 0 Å². The van der Waals surface area contributed by atoms with Crippen molar-refractivity contribution >= 4 is 5.91 Å². The molecule has 1 amide bonds. The second-order valence-electron chi connectivity index (χ2n) is 13.5. The number of carbonyl (C=O) groups is 1. The zero-order valence-corrected chi connectivity index (χ0v) is 30.5. The predicted octanol–water partition coefficient (Wildman–Crippen LogP) is 10.8. The molecule has 0 saturated heterocycles. The maximum atomic E-state index is 12.4. The van der Waals surface area contributed by atoms with E-state index in [-0.39, 0.29) is 6.61 Å². The highest BCUT2D eigenvalue weighted by atomic mass is 16.3. The highest BCUT2D eigenvalue weighted by Gasteiger charge is 2.22. The smallest absolute Gasteiger partial charge is 0.249 e. The normalized spacial score (nSPS) is 14.1. The van der Waals surface area contributed by atoms with E-state index in [9.17, 15) is 20.1 Å². The van der Waals surface area contributed by atoms with Gasteiger partial charge in [0.1, 0.15) is 6.10 Å². The lowest BCUT2D eigenvalue weighted by Gasteiger charge is -2.21. The lowest BCUT2D eigenvalue weighted by Crippen LogP contribution is -2.48. The van der Waals surface area contributed by atoms with Crippen LogP contribution < -0.4 is 5.32 Å². The van der Waals surface area contributed by atoms with Crippen LogP contribution >= 0.6 is 0 Å². The van der Waals surface area contributed by atoms with Crippen LogP contribution in [0.15, 0.2) is 36.5 Å². The lowest BCUT2D eigenvalue weighted by atomic mass is 10.0. The average molecular weight is 648 g/mol. The summed E-state index contributed by atoms with van der Waals surface area (Å²) in [4.78, 5) is 12.4. The molecule has 0 aromatic rings. The number of amides is 1. The molecule has 0 saturated carbocycles. The Morgan fingerprint density at radius 2 is 0.891 bits per heavy atom. The third-order valence-electron chi connectivity index (χ3n) is 8.95. The Hall–Kier alpha value is -1.43. The quantitative estimate of drug-likeness (QED) is 0.0407. The summed E-state index contributed by atoms with van der Waals surface area (Å²) in [6, 6.07) is -0.813. The lowest BCUT2D eigenvalue weighted by molar-refractivity contribution is -0.131. The van der Waals surface area contributed by atoms with Gasteiger partial charge >= 0.3 is 0 Å².